The molecule has 0 spiro atoms. The maximum atomic E-state index is 10.1. The normalized spacial score (nSPS) is 13.4. The molecule has 0 aliphatic carbocycles. The summed E-state index contributed by atoms with van der Waals surface area (Å²) in [5.41, 5.74) is 2.41. The van der Waals surface area contributed by atoms with Crippen LogP contribution in [0.1, 0.15) is 57.8 Å². The van der Waals surface area contributed by atoms with Crippen LogP contribution >= 0.6 is 0 Å². The van der Waals surface area contributed by atoms with E-state index in [2.05, 4.69) is 45.9 Å². The topological polar surface area (TPSA) is 20.2 Å². The van der Waals surface area contributed by atoms with Gasteiger partial charge in [0, 0.05) is 0 Å². The van der Waals surface area contributed by atoms with Crippen LogP contribution in [0.5, 0.6) is 0 Å². The Balaban J connectivity index is 2.63. The Morgan fingerprint density at radius 2 is 1.71 bits per heavy atom. The third kappa shape index (κ3) is 5.36. The molecule has 1 aromatic carbocycles. The summed E-state index contributed by atoms with van der Waals surface area (Å²) in [7, 11) is 0. The van der Waals surface area contributed by atoms with Crippen LogP contribution < -0.4 is 0 Å². The zero-order valence-corrected chi connectivity index (χ0v) is 11.6. The summed E-state index contributed by atoms with van der Waals surface area (Å²) < 4.78 is 0. The quantitative estimate of drug-likeness (QED) is 0.775. The molecule has 1 heteroatoms. The number of hydrogen-bond acceptors (Lipinski definition) is 1. The van der Waals surface area contributed by atoms with Crippen molar-refractivity contribution in [3.63, 3.8) is 0 Å². The van der Waals surface area contributed by atoms with Crippen molar-refractivity contribution in [3.05, 3.63) is 35.4 Å². The molecule has 0 aromatic heterocycles. The molecule has 1 atom stereocenters. The SMILES string of the molecule is CC(C)CCC(O)c1cccc(CC(C)C)c1. The molecule has 0 saturated carbocycles. The highest BCUT2D eigenvalue weighted by molar-refractivity contribution is 5.25. The molecule has 0 fully saturated rings. The van der Waals surface area contributed by atoms with E-state index in [1.165, 1.54) is 5.56 Å². The summed E-state index contributed by atoms with van der Waals surface area (Å²) >= 11 is 0. The van der Waals surface area contributed by atoms with Crippen LogP contribution in [-0.2, 0) is 6.42 Å². The van der Waals surface area contributed by atoms with Crippen LogP contribution in [0, 0.1) is 11.8 Å². The molecule has 1 rings (SSSR count). The third-order valence-corrected chi connectivity index (χ3v) is 3.00. The smallest absolute Gasteiger partial charge is 0.0790 e. The van der Waals surface area contributed by atoms with Crippen molar-refractivity contribution in [1.82, 2.24) is 0 Å². The second-order valence-corrected chi connectivity index (χ2v) is 5.83. The lowest BCUT2D eigenvalue weighted by molar-refractivity contribution is 0.159. The lowest BCUT2D eigenvalue weighted by atomic mass is 9.96. The van der Waals surface area contributed by atoms with Gasteiger partial charge >= 0.3 is 0 Å². The number of benzene rings is 1. The molecule has 0 saturated heterocycles. The highest BCUT2D eigenvalue weighted by Gasteiger charge is 2.09. The van der Waals surface area contributed by atoms with Gasteiger partial charge in [0.05, 0.1) is 6.10 Å². The summed E-state index contributed by atoms with van der Waals surface area (Å²) in [6, 6.07) is 8.41. The predicted molar refractivity (Wildman–Crippen MR) is 74.0 cm³/mol. The fourth-order valence-electron chi connectivity index (χ4n) is 2.06. The van der Waals surface area contributed by atoms with Gasteiger partial charge in [0.25, 0.3) is 0 Å². The molecule has 1 N–H and O–H groups in total. The first-order valence-corrected chi connectivity index (χ1v) is 6.76. The molecule has 0 aliphatic rings. The molecular formula is C16H26O. The van der Waals surface area contributed by atoms with Gasteiger partial charge in [0.2, 0.25) is 0 Å². The van der Waals surface area contributed by atoms with Gasteiger partial charge in [0.1, 0.15) is 0 Å². The molecule has 17 heavy (non-hydrogen) atoms. The van der Waals surface area contributed by atoms with Crippen LogP contribution in [0.4, 0.5) is 0 Å². The van der Waals surface area contributed by atoms with Crippen molar-refractivity contribution in [2.75, 3.05) is 0 Å². The highest BCUT2D eigenvalue weighted by atomic mass is 16.3. The summed E-state index contributed by atoms with van der Waals surface area (Å²) in [4.78, 5) is 0. The minimum Gasteiger partial charge on any atom is -0.388 e. The number of aliphatic hydroxyl groups excluding tert-OH is 1. The summed E-state index contributed by atoms with van der Waals surface area (Å²) in [6.45, 7) is 8.84. The van der Waals surface area contributed by atoms with Crippen molar-refractivity contribution in [3.8, 4) is 0 Å². The van der Waals surface area contributed by atoms with Crippen molar-refractivity contribution >= 4 is 0 Å². The average molecular weight is 234 g/mol. The van der Waals surface area contributed by atoms with Crippen LogP contribution in [-0.4, -0.2) is 5.11 Å². The molecule has 96 valence electrons. The Labute approximate surface area is 106 Å². The van der Waals surface area contributed by atoms with Gasteiger partial charge in [-0.3, -0.25) is 0 Å². The Morgan fingerprint density at radius 1 is 1.00 bits per heavy atom. The first kappa shape index (κ1) is 14.2. The molecule has 1 nitrogen and oxygen atoms in total. The van der Waals surface area contributed by atoms with E-state index in [9.17, 15) is 5.11 Å². The van der Waals surface area contributed by atoms with Gasteiger partial charge in [-0.15, -0.1) is 0 Å². The maximum absolute atomic E-state index is 10.1. The van der Waals surface area contributed by atoms with E-state index in [4.69, 9.17) is 0 Å². The summed E-state index contributed by atoms with van der Waals surface area (Å²) in [5, 5.41) is 10.1. The third-order valence-electron chi connectivity index (χ3n) is 3.00. The molecule has 1 aromatic rings. The molecule has 0 bridgehead atoms. The first-order chi connectivity index (χ1) is 7.99. The van der Waals surface area contributed by atoms with Gasteiger partial charge in [0.15, 0.2) is 0 Å². The predicted octanol–water partition coefficient (Wildman–Crippen LogP) is 4.35. The van der Waals surface area contributed by atoms with Gasteiger partial charge < -0.3 is 5.11 Å². The van der Waals surface area contributed by atoms with E-state index >= 15 is 0 Å². The minimum absolute atomic E-state index is 0.301. The van der Waals surface area contributed by atoms with Crippen LogP contribution in [0.2, 0.25) is 0 Å². The zero-order chi connectivity index (χ0) is 12.8. The summed E-state index contributed by atoms with van der Waals surface area (Å²) in [6.07, 6.45) is 2.73. The van der Waals surface area contributed by atoms with E-state index in [0.717, 1.165) is 24.8 Å². The number of hydrogen-bond donors (Lipinski definition) is 1. The van der Waals surface area contributed by atoms with E-state index in [1.54, 1.807) is 0 Å². The second-order valence-electron chi connectivity index (χ2n) is 5.83. The molecule has 0 aliphatic heterocycles. The average Bonchev–Trinajstić information content (AvgIpc) is 2.25. The second kappa shape index (κ2) is 6.80. The fraction of sp³-hybridized carbons (Fsp3) is 0.625. The molecular weight excluding hydrogens is 208 g/mol. The van der Waals surface area contributed by atoms with Gasteiger partial charge in [-0.25, -0.2) is 0 Å². The Bertz CT molecular complexity index is 328. The minimum atomic E-state index is -0.301. The Hall–Kier alpha value is -0.820. The maximum Gasteiger partial charge on any atom is 0.0790 e. The summed E-state index contributed by atoms with van der Waals surface area (Å²) in [5.74, 6) is 1.32. The van der Waals surface area contributed by atoms with Crippen molar-refractivity contribution in [2.24, 2.45) is 11.8 Å². The number of aliphatic hydroxyl groups is 1. The molecule has 0 radical (unpaired) electrons. The lowest BCUT2D eigenvalue weighted by Gasteiger charge is -2.14. The Kier molecular flexibility index (Phi) is 5.70. The first-order valence-electron chi connectivity index (χ1n) is 6.76. The molecule has 1 unspecified atom stereocenters. The van der Waals surface area contributed by atoms with Gasteiger partial charge in [-0.1, -0.05) is 52.0 Å². The number of rotatable bonds is 6. The lowest BCUT2D eigenvalue weighted by Crippen LogP contribution is -2.01. The standard InChI is InChI=1S/C16H26O/c1-12(2)8-9-16(17)15-7-5-6-14(11-15)10-13(3)4/h5-7,11-13,16-17H,8-10H2,1-4H3. The highest BCUT2D eigenvalue weighted by Crippen LogP contribution is 2.22. The van der Waals surface area contributed by atoms with E-state index in [1.807, 2.05) is 6.07 Å². The van der Waals surface area contributed by atoms with Crippen molar-refractivity contribution in [2.45, 2.75) is 53.1 Å². The van der Waals surface area contributed by atoms with E-state index in [-0.39, 0.29) is 6.10 Å². The molecule has 0 amide bonds. The van der Waals surface area contributed by atoms with Crippen molar-refractivity contribution in [1.29, 1.82) is 0 Å². The largest absolute Gasteiger partial charge is 0.388 e. The monoisotopic (exact) mass is 234 g/mol. The van der Waals surface area contributed by atoms with Crippen molar-refractivity contribution < 1.29 is 5.11 Å². The zero-order valence-electron chi connectivity index (χ0n) is 11.6. The fourth-order valence-corrected chi connectivity index (χ4v) is 2.06. The molecule has 0 heterocycles. The Morgan fingerprint density at radius 3 is 2.29 bits per heavy atom. The van der Waals surface area contributed by atoms with Crippen LogP contribution in [0.15, 0.2) is 24.3 Å². The van der Waals surface area contributed by atoms with Gasteiger partial charge in [-0.2, -0.15) is 0 Å². The van der Waals surface area contributed by atoms with Crippen LogP contribution in [0.25, 0.3) is 0 Å². The van der Waals surface area contributed by atoms with E-state index < -0.39 is 0 Å². The van der Waals surface area contributed by atoms with E-state index in [0.29, 0.717) is 11.8 Å². The van der Waals surface area contributed by atoms with Crippen LogP contribution in [0.3, 0.4) is 0 Å². The van der Waals surface area contributed by atoms with Gasteiger partial charge in [-0.05, 0) is 42.2 Å².